The molecule has 186 valence electrons. The second kappa shape index (κ2) is 9.01. The van der Waals surface area contributed by atoms with Crippen molar-refractivity contribution in [3.63, 3.8) is 0 Å². The molecule has 0 radical (unpaired) electrons. The minimum absolute atomic E-state index is 0.00482. The Hall–Kier alpha value is -1.37. The van der Waals surface area contributed by atoms with E-state index in [1.54, 1.807) is 27.7 Å². The number of imidazole rings is 1. The minimum atomic E-state index is -4.46. The quantitative estimate of drug-likeness (QED) is 0.246. The van der Waals surface area contributed by atoms with Gasteiger partial charge in [-0.2, -0.15) is 9.97 Å². The molecule has 0 saturated carbocycles. The van der Waals surface area contributed by atoms with E-state index in [2.05, 4.69) is 15.0 Å². The number of nitrogens with two attached hydrogens (primary N) is 1. The van der Waals surface area contributed by atoms with E-state index in [1.807, 2.05) is 0 Å². The molecule has 1 saturated heterocycles. The first-order valence-corrected chi connectivity index (χ1v) is 12.7. The highest BCUT2D eigenvalue weighted by molar-refractivity contribution is 7.54. The van der Waals surface area contributed by atoms with Crippen molar-refractivity contribution >= 4 is 36.3 Å². The number of hydrogen-bond donors (Lipinski definition) is 5. The van der Waals surface area contributed by atoms with Gasteiger partial charge < -0.3 is 35.2 Å². The van der Waals surface area contributed by atoms with Gasteiger partial charge in [0.2, 0.25) is 5.95 Å². The predicted molar refractivity (Wildman–Crippen MR) is 120 cm³/mol. The molecule has 12 nitrogen and oxygen atoms in total. The van der Waals surface area contributed by atoms with Crippen molar-refractivity contribution in [1.82, 2.24) is 19.5 Å². The maximum atomic E-state index is 12.9. The summed E-state index contributed by atoms with van der Waals surface area (Å²) in [5.74, 6) is -0.132. The maximum Gasteiger partial charge on any atom is 0.359 e. The van der Waals surface area contributed by atoms with E-state index in [0.717, 1.165) is 0 Å². The lowest BCUT2D eigenvalue weighted by molar-refractivity contribution is -0.111. The predicted octanol–water partition coefficient (Wildman–Crippen LogP) is 1.74. The van der Waals surface area contributed by atoms with Crippen LogP contribution in [0.2, 0.25) is 5.15 Å². The summed E-state index contributed by atoms with van der Waals surface area (Å²) in [6, 6.07) is 0. The molecular weight excluding hydrogens is 477 g/mol. The van der Waals surface area contributed by atoms with Crippen LogP contribution >= 0.6 is 19.2 Å². The number of nitrogens with zero attached hydrogens (tertiary/aromatic N) is 4. The van der Waals surface area contributed by atoms with Crippen LogP contribution in [0.4, 0.5) is 5.95 Å². The average molecular weight is 508 g/mol. The lowest BCUT2D eigenvalue weighted by Crippen LogP contribution is -2.48. The van der Waals surface area contributed by atoms with Crippen molar-refractivity contribution in [2.75, 3.05) is 12.3 Å². The Balaban J connectivity index is 1.87. The van der Waals surface area contributed by atoms with Crippen LogP contribution in [0.3, 0.4) is 0 Å². The molecule has 14 heteroatoms. The fourth-order valence-electron chi connectivity index (χ4n) is 3.96. The first-order valence-electron chi connectivity index (χ1n) is 10.7. The SMILES string of the molecule is CCC(C)(C[C@H]1OC[C@](O)(n2cnc3c(Cl)nc(N)nc32)[C@@H]1O)OP(=O)(O)C(O)(CC)CC. The molecular formula is C19H31ClN5O7P. The van der Waals surface area contributed by atoms with Gasteiger partial charge in [-0.25, -0.2) is 4.98 Å². The molecule has 0 aliphatic carbocycles. The standard InChI is InChI=1S/C19H31ClN5O7P/c1-5-17(4,32-33(29,30)18(27,6-2)7-3)8-11-13(26)19(28,9-31-11)25-10-22-12-14(20)23-16(21)24-15(12)25/h10-11,13,26-28H,5-9H2,1-4H3,(H,29,30)(H2,21,23,24)/t11-,13-,17?,19-/m1/s1. The molecule has 1 aliphatic rings. The number of hydrogen-bond acceptors (Lipinski definition) is 10. The molecule has 0 bridgehead atoms. The largest absolute Gasteiger partial charge is 0.385 e. The van der Waals surface area contributed by atoms with Gasteiger partial charge in [0.25, 0.3) is 0 Å². The maximum absolute atomic E-state index is 12.9. The van der Waals surface area contributed by atoms with Crippen LogP contribution in [0, 0.1) is 0 Å². The van der Waals surface area contributed by atoms with Gasteiger partial charge in [0.05, 0.1) is 24.6 Å². The fourth-order valence-corrected chi connectivity index (χ4v) is 5.95. The molecule has 0 aromatic carbocycles. The Morgan fingerprint density at radius 3 is 2.58 bits per heavy atom. The number of aliphatic hydroxyl groups is 3. The zero-order valence-corrected chi connectivity index (χ0v) is 20.6. The van der Waals surface area contributed by atoms with E-state index in [9.17, 15) is 24.8 Å². The monoisotopic (exact) mass is 507 g/mol. The summed E-state index contributed by atoms with van der Waals surface area (Å²) in [5.41, 5.74) is 2.76. The Morgan fingerprint density at radius 2 is 2.00 bits per heavy atom. The van der Waals surface area contributed by atoms with Crippen LogP contribution in [0.25, 0.3) is 11.2 Å². The number of nitrogen functional groups attached to an aromatic ring is 1. The Bertz CT molecular complexity index is 1070. The molecule has 3 rings (SSSR count). The summed E-state index contributed by atoms with van der Waals surface area (Å²) in [6.07, 6.45) is -0.900. The van der Waals surface area contributed by atoms with E-state index >= 15 is 0 Å². The molecule has 33 heavy (non-hydrogen) atoms. The number of fused-ring (bicyclic) bond motifs is 1. The number of halogens is 1. The van der Waals surface area contributed by atoms with Gasteiger partial charge in [-0.15, -0.1) is 0 Å². The Kier molecular flexibility index (Phi) is 7.16. The summed E-state index contributed by atoms with van der Waals surface area (Å²) in [5, 5.41) is 31.0. The summed E-state index contributed by atoms with van der Waals surface area (Å²) in [4.78, 5) is 22.5. The van der Waals surface area contributed by atoms with Gasteiger partial charge in [0.1, 0.15) is 11.6 Å². The highest BCUT2D eigenvalue weighted by Crippen LogP contribution is 2.60. The Morgan fingerprint density at radius 1 is 1.36 bits per heavy atom. The third-order valence-corrected chi connectivity index (χ3v) is 9.14. The third kappa shape index (κ3) is 4.51. The van der Waals surface area contributed by atoms with Crippen molar-refractivity contribution in [3.05, 3.63) is 11.5 Å². The molecule has 2 aromatic heterocycles. The first-order chi connectivity index (χ1) is 15.3. The van der Waals surface area contributed by atoms with E-state index in [0.29, 0.717) is 0 Å². The highest BCUT2D eigenvalue weighted by atomic mass is 35.5. The van der Waals surface area contributed by atoms with Crippen LogP contribution in [-0.4, -0.2) is 69.5 Å². The molecule has 2 unspecified atom stereocenters. The number of anilines is 1. The van der Waals surface area contributed by atoms with Gasteiger partial charge in [-0.05, 0) is 26.2 Å². The van der Waals surface area contributed by atoms with Crippen molar-refractivity contribution in [1.29, 1.82) is 0 Å². The lowest BCUT2D eigenvalue weighted by Gasteiger charge is -2.38. The van der Waals surface area contributed by atoms with Crippen molar-refractivity contribution in [3.8, 4) is 0 Å². The average Bonchev–Trinajstić information content (AvgIpc) is 3.30. The van der Waals surface area contributed by atoms with Gasteiger partial charge in [-0.1, -0.05) is 32.4 Å². The van der Waals surface area contributed by atoms with E-state index in [1.165, 1.54) is 10.9 Å². The summed E-state index contributed by atoms with van der Waals surface area (Å²) in [6.45, 7) is 6.21. The number of aliphatic hydroxyl groups excluding tert-OH is 1. The molecule has 5 atom stereocenters. The van der Waals surface area contributed by atoms with Crippen LogP contribution in [0.5, 0.6) is 0 Å². The van der Waals surface area contributed by atoms with Crippen LogP contribution in [0.15, 0.2) is 6.33 Å². The van der Waals surface area contributed by atoms with Crippen LogP contribution in [-0.2, 0) is 19.6 Å². The first kappa shape index (κ1) is 26.2. The zero-order chi connectivity index (χ0) is 24.8. The smallest absolute Gasteiger partial charge is 0.359 e. The summed E-state index contributed by atoms with van der Waals surface area (Å²) >= 11 is 6.05. The minimum Gasteiger partial charge on any atom is -0.385 e. The summed E-state index contributed by atoms with van der Waals surface area (Å²) in [7, 11) is -4.46. The van der Waals surface area contributed by atoms with Gasteiger partial charge >= 0.3 is 7.60 Å². The molecule has 2 aromatic rings. The molecule has 6 N–H and O–H groups in total. The van der Waals surface area contributed by atoms with Crippen molar-refractivity contribution < 1.29 is 34.0 Å². The van der Waals surface area contributed by atoms with Gasteiger partial charge in [0.15, 0.2) is 21.9 Å². The van der Waals surface area contributed by atoms with E-state index in [-0.39, 0.29) is 54.6 Å². The molecule has 3 heterocycles. The number of ether oxygens (including phenoxy) is 1. The topological polar surface area (TPSA) is 186 Å². The molecule has 0 spiro atoms. The third-order valence-electron chi connectivity index (χ3n) is 6.51. The van der Waals surface area contributed by atoms with Gasteiger partial charge in [0, 0.05) is 6.42 Å². The zero-order valence-electron chi connectivity index (χ0n) is 19.0. The van der Waals surface area contributed by atoms with Crippen LogP contribution in [0.1, 0.15) is 53.4 Å². The van der Waals surface area contributed by atoms with E-state index < -0.39 is 36.5 Å². The molecule has 0 amide bonds. The number of aromatic nitrogens is 4. The van der Waals surface area contributed by atoms with E-state index in [4.69, 9.17) is 26.6 Å². The Labute approximate surface area is 196 Å². The van der Waals surface area contributed by atoms with Crippen LogP contribution < -0.4 is 5.73 Å². The van der Waals surface area contributed by atoms with Gasteiger partial charge in [-0.3, -0.25) is 9.13 Å². The second-order valence-electron chi connectivity index (χ2n) is 8.64. The highest BCUT2D eigenvalue weighted by Gasteiger charge is 2.54. The van der Waals surface area contributed by atoms with Crippen molar-refractivity contribution in [2.24, 2.45) is 0 Å². The number of rotatable bonds is 9. The summed E-state index contributed by atoms with van der Waals surface area (Å²) < 4.78 is 25.4. The lowest BCUT2D eigenvalue weighted by atomic mass is 9.91. The van der Waals surface area contributed by atoms with Crippen molar-refractivity contribution in [2.45, 2.75) is 82.3 Å². The fraction of sp³-hybridized carbons (Fsp3) is 0.737. The molecule has 1 fully saturated rings. The normalized spacial score (nSPS) is 27.5. The second-order valence-corrected chi connectivity index (χ2v) is 11.1. The molecule has 1 aliphatic heterocycles.